The number of ether oxygens (including phenoxy) is 1. The number of fused-ring (bicyclic) bond motifs is 1. The summed E-state index contributed by atoms with van der Waals surface area (Å²) in [6, 6.07) is 6.99. The van der Waals surface area contributed by atoms with Gasteiger partial charge in [-0.2, -0.15) is 0 Å². The highest BCUT2D eigenvalue weighted by Crippen LogP contribution is 2.27. The molecule has 1 amide bonds. The molecule has 22 heavy (non-hydrogen) atoms. The first-order valence-electron chi connectivity index (χ1n) is 7.02. The number of rotatable bonds is 2. The summed E-state index contributed by atoms with van der Waals surface area (Å²) in [5, 5.41) is 4.39. The first-order valence-corrected chi connectivity index (χ1v) is 7.02. The Labute approximate surface area is 127 Å². The average molecular weight is 297 g/mol. The van der Waals surface area contributed by atoms with Crippen molar-refractivity contribution in [2.24, 2.45) is 5.11 Å². The molecule has 1 aromatic heterocycles. The number of carbonyl (C=O) groups excluding carboxylic acids is 1. The summed E-state index contributed by atoms with van der Waals surface area (Å²) in [5.74, 6) is -0.0438. The first kappa shape index (κ1) is 14.3. The van der Waals surface area contributed by atoms with Crippen LogP contribution in [0.5, 0.6) is 0 Å². The largest absolute Gasteiger partial charge is 0.378 e. The Balaban J connectivity index is 2.04. The quantitative estimate of drug-likeness (QED) is 0.484. The van der Waals surface area contributed by atoms with Crippen molar-refractivity contribution in [2.45, 2.75) is 6.92 Å². The summed E-state index contributed by atoms with van der Waals surface area (Å²) in [6.45, 7) is 4.13. The highest BCUT2D eigenvalue weighted by molar-refractivity contribution is 6.00. The van der Waals surface area contributed by atoms with Gasteiger partial charge in [-0.25, -0.2) is 0 Å². The Kier molecular flexibility index (Phi) is 3.91. The number of nitrogens with zero attached hydrogens (tertiary/aromatic N) is 5. The fourth-order valence-corrected chi connectivity index (χ4v) is 2.55. The van der Waals surface area contributed by atoms with E-state index in [0.29, 0.717) is 48.5 Å². The van der Waals surface area contributed by atoms with Gasteiger partial charge in [0.1, 0.15) is 0 Å². The number of pyridine rings is 1. The van der Waals surface area contributed by atoms with E-state index in [0.717, 1.165) is 5.69 Å². The van der Waals surface area contributed by atoms with Crippen LogP contribution >= 0.6 is 0 Å². The van der Waals surface area contributed by atoms with Crippen LogP contribution < -0.4 is 0 Å². The van der Waals surface area contributed by atoms with E-state index in [-0.39, 0.29) is 5.91 Å². The molecule has 0 atom stereocenters. The Morgan fingerprint density at radius 2 is 2.14 bits per heavy atom. The van der Waals surface area contributed by atoms with Crippen molar-refractivity contribution in [3.63, 3.8) is 0 Å². The maximum absolute atomic E-state index is 12.5. The number of aromatic nitrogens is 1. The van der Waals surface area contributed by atoms with E-state index in [1.807, 2.05) is 6.92 Å². The number of aryl methyl sites for hydroxylation is 1. The molecule has 0 N–H and O–H groups in total. The number of carbonyl (C=O) groups is 1. The minimum absolute atomic E-state index is 0.0438. The molecule has 7 heteroatoms. The average Bonchev–Trinajstić information content (AvgIpc) is 2.55. The zero-order chi connectivity index (χ0) is 15.5. The van der Waals surface area contributed by atoms with Gasteiger partial charge in [-0.15, -0.1) is 0 Å². The third kappa shape index (κ3) is 2.72. The summed E-state index contributed by atoms with van der Waals surface area (Å²) >= 11 is 0. The Morgan fingerprint density at radius 3 is 2.86 bits per heavy atom. The fraction of sp³-hybridized carbons (Fsp3) is 0.333. The molecular formula is C15H15N5O2. The number of benzene rings is 1. The van der Waals surface area contributed by atoms with Gasteiger partial charge in [0.05, 0.1) is 18.7 Å². The van der Waals surface area contributed by atoms with E-state index in [2.05, 4.69) is 15.0 Å². The van der Waals surface area contributed by atoms with Crippen molar-refractivity contribution >= 4 is 22.5 Å². The zero-order valence-electron chi connectivity index (χ0n) is 12.2. The summed E-state index contributed by atoms with van der Waals surface area (Å²) < 4.78 is 5.26. The van der Waals surface area contributed by atoms with Crippen LogP contribution in [0, 0.1) is 6.92 Å². The van der Waals surface area contributed by atoms with Crippen LogP contribution in [-0.2, 0) is 4.74 Å². The third-order valence-corrected chi connectivity index (χ3v) is 3.61. The van der Waals surface area contributed by atoms with Crippen LogP contribution in [0.15, 0.2) is 29.4 Å². The molecule has 0 unspecified atom stereocenters. The van der Waals surface area contributed by atoms with Crippen molar-refractivity contribution < 1.29 is 9.53 Å². The van der Waals surface area contributed by atoms with E-state index < -0.39 is 0 Å². The molecule has 1 aromatic carbocycles. The lowest BCUT2D eigenvalue weighted by Crippen LogP contribution is -2.40. The smallest absolute Gasteiger partial charge is 0.254 e. The molecule has 2 heterocycles. The maximum atomic E-state index is 12.5. The monoisotopic (exact) mass is 297 g/mol. The second kappa shape index (κ2) is 6.01. The van der Waals surface area contributed by atoms with Crippen LogP contribution in [0.4, 0.5) is 5.69 Å². The normalized spacial score (nSPS) is 14.7. The lowest BCUT2D eigenvalue weighted by Gasteiger charge is -2.27. The van der Waals surface area contributed by atoms with Gasteiger partial charge in [-0.1, -0.05) is 5.11 Å². The van der Waals surface area contributed by atoms with Crippen LogP contribution in [0.1, 0.15) is 16.1 Å². The molecule has 0 spiro atoms. The van der Waals surface area contributed by atoms with Crippen LogP contribution in [0.2, 0.25) is 0 Å². The zero-order valence-corrected chi connectivity index (χ0v) is 12.2. The lowest BCUT2D eigenvalue weighted by atomic mass is 10.1. The number of hydrogen-bond acceptors (Lipinski definition) is 4. The fourth-order valence-electron chi connectivity index (χ4n) is 2.55. The predicted molar refractivity (Wildman–Crippen MR) is 82.0 cm³/mol. The Hall–Kier alpha value is -2.63. The van der Waals surface area contributed by atoms with Gasteiger partial charge in [-0.3, -0.25) is 9.78 Å². The minimum Gasteiger partial charge on any atom is -0.378 e. The van der Waals surface area contributed by atoms with Crippen molar-refractivity contribution in [1.29, 1.82) is 0 Å². The molecule has 0 aliphatic carbocycles. The molecule has 0 bridgehead atoms. The number of morpholine rings is 1. The summed E-state index contributed by atoms with van der Waals surface area (Å²) in [6.07, 6.45) is 0. The topological polar surface area (TPSA) is 91.2 Å². The van der Waals surface area contributed by atoms with Gasteiger partial charge in [0.25, 0.3) is 5.91 Å². The highest BCUT2D eigenvalue weighted by atomic mass is 16.5. The molecule has 1 aliphatic rings. The van der Waals surface area contributed by atoms with Crippen LogP contribution in [-0.4, -0.2) is 42.1 Å². The van der Waals surface area contributed by atoms with Gasteiger partial charge >= 0.3 is 0 Å². The van der Waals surface area contributed by atoms with E-state index in [1.54, 1.807) is 29.2 Å². The maximum Gasteiger partial charge on any atom is 0.254 e. The van der Waals surface area contributed by atoms with E-state index >= 15 is 0 Å². The molecule has 1 aliphatic heterocycles. The summed E-state index contributed by atoms with van der Waals surface area (Å²) in [5.41, 5.74) is 11.2. The van der Waals surface area contributed by atoms with Crippen molar-refractivity contribution in [3.8, 4) is 0 Å². The van der Waals surface area contributed by atoms with Gasteiger partial charge in [0.2, 0.25) is 0 Å². The second-order valence-electron chi connectivity index (χ2n) is 5.11. The second-order valence-corrected chi connectivity index (χ2v) is 5.11. The standard InChI is InChI=1S/C15H15N5O2/c1-10-8-14(18-19-16)12-9-11(2-3-13(12)17-10)15(21)20-4-6-22-7-5-20/h2-3,8-9H,4-7H2,1H3. The molecule has 3 rings (SSSR count). The van der Waals surface area contributed by atoms with E-state index in [9.17, 15) is 4.79 Å². The van der Waals surface area contributed by atoms with Crippen molar-refractivity contribution in [1.82, 2.24) is 9.88 Å². The lowest BCUT2D eigenvalue weighted by molar-refractivity contribution is 0.0303. The molecule has 112 valence electrons. The molecule has 2 aromatic rings. The summed E-state index contributed by atoms with van der Waals surface area (Å²) in [4.78, 5) is 21.5. The molecule has 0 saturated carbocycles. The van der Waals surface area contributed by atoms with Crippen molar-refractivity contribution in [2.75, 3.05) is 26.3 Å². The SMILES string of the molecule is Cc1cc(N=[N+]=[N-])c2cc(C(=O)N3CCOCC3)ccc2n1. The minimum atomic E-state index is -0.0438. The van der Waals surface area contributed by atoms with Gasteiger partial charge < -0.3 is 9.64 Å². The predicted octanol–water partition coefficient (Wildman–Crippen LogP) is 2.96. The van der Waals surface area contributed by atoms with Crippen LogP contribution in [0.25, 0.3) is 21.3 Å². The molecular weight excluding hydrogens is 282 g/mol. The Bertz CT molecular complexity index is 777. The van der Waals surface area contributed by atoms with E-state index in [1.165, 1.54) is 0 Å². The first-order chi connectivity index (χ1) is 10.7. The number of hydrogen-bond donors (Lipinski definition) is 0. The third-order valence-electron chi connectivity index (χ3n) is 3.61. The summed E-state index contributed by atoms with van der Waals surface area (Å²) in [7, 11) is 0. The number of azide groups is 1. The molecule has 0 radical (unpaired) electrons. The molecule has 1 saturated heterocycles. The van der Waals surface area contributed by atoms with Crippen LogP contribution in [0.3, 0.4) is 0 Å². The molecule has 7 nitrogen and oxygen atoms in total. The van der Waals surface area contributed by atoms with Gasteiger partial charge in [0, 0.05) is 40.3 Å². The van der Waals surface area contributed by atoms with Gasteiger partial charge in [-0.05, 0) is 36.7 Å². The van der Waals surface area contributed by atoms with Crippen molar-refractivity contribution in [3.05, 3.63) is 46.0 Å². The number of amides is 1. The Morgan fingerprint density at radius 1 is 1.36 bits per heavy atom. The van der Waals surface area contributed by atoms with E-state index in [4.69, 9.17) is 10.3 Å². The highest BCUT2D eigenvalue weighted by Gasteiger charge is 2.19. The molecule has 1 fully saturated rings. The van der Waals surface area contributed by atoms with Gasteiger partial charge in [0.15, 0.2) is 0 Å².